The number of nitrogens with two attached hydrogens (primary N) is 2. The number of alkyl halides is 2. The Kier molecular flexibility index (Phi) is 7.75. The van der Waals surface area contributed by atoms with Crippen LogP contribution in [0.3, 0.4) is 0 Å². The van der Waals surface area contributed by atoms with E-state index in [1.54, 1.807) is 18.2 Å². The first kappa shape index (κ1) is 24.3. The summed E-state index contributed by atoms with van der Waals surface area (Å²) in [7, 11) is 0. The van der Waals surface area contributed by atoms with Crippen molar-refractivity contribution in [2.75, 3.05) is 10.6 Å². The molecule has 8 nitrogen and oxygen atoms in total. The van der Waals surface area contributed by atoms with Crippen molar-refractivity contribution < 1.29 is 18.0 Å². The van der Waals surface area contributed by atoms with E-state index in [0.717, 1.165) is 25.3 Å². The van der Waals surface area contributed by atoms with Gasteiger partial charge in [0, 0.05) is 23.2 Å². The minimum absolute atomic E-state index is 0.0493. The molecule has 0 saturated carbocycles. The Morgan fingerprint density at radius 1 is 1.24 bits per heavy atom. The second-order valence-corrected chi connectivity index (χ2v) is 7.95. The van der Waals surface area contributed by atoms with Gasteiger partial charge in [-0.25, -0.2) is 18.2 Å². The minimum Gasteiger partial charge on any atom is -0.365 e. The van der Waals surface area contributed by atoms with Gasteiger partial charge in [0.15, 0.2) is 11.6 Å². The number of anilines is 3. The van der Waals surface area contributed by atoms with Crippen LogP contribution in [0.4, 0.5) is 30.5 Å². The molecule has 6 N–H and O–H groups in total. The lowest BCUT2D eigenvalue weighted by Crippen LogP contribution is -2.38. The average molecular weight is 464 g/mol. The number of carbonyl (C=O) groups is 1. The molecule has 2 aromatic heterocycles. The molecule has 0 aliphatic rings. The van der Waals surface area contributed by atoms with Crippen molar-refractivity contribution in [2.24, 2.45) is 11.5 Å². The van der Waals surface area contributed by atoms with Crippen LogP contribution in [0.15, 0.2) is 30.5 Å². The van der Waals surface area contributed by atoms with Gasteiger partial charge in [-0.1, -0.05) is 19.8 Å². The number of halogens is 3. The third-order valence-electron chi connectivity index (χ3n) is 5.28. The second kappa shape index (κ2) is 10.5. The smallest absolute Gasteiger partial charge is 0.257 e. The standard InChI is InChI=1S/C22H28F3N7O/c1-3-4-5-17(12(2)26)30-22-16(23)9-15(20(27)33)21(31-22)29-14-6-7-18-13(8-14)10-28-32(18)11-19(24)25/h6-10,12,17,19H,3-5,11,26H2,1-2H3,(H2,27,33)(H2,29,30,31). The largest absolute Gasteiger partial charge is 0.365 e. The number of fused-ring (bicyclic) bond motifs is 1. The molecule has 0 fully saturated rings. The number of nitrogens with one attached hydrogen (secondary N) is 2. The number of benzene rings is 1. The Labute approximate surface area is 189 Å². The van der Waals surface area contributed by atoms with Crippen LogP contribution in [-0.4, -0.2) is 39.2 Å². The van der Waals surface area contributed by atoms with Crippen molar-refractivity contribution in [3.05, 3.63) is 41.8 Å². The summed E-state index contributed by atoms with van der Waals surface area (Å²) < 4.78 is 41.4. The zero-order valence-electron chi connectivity index (χ0n) is 18.5. The molecule has 1 amide bonds. The number of hydrogen-bond acceptors (Lipinski definition) is 6. The number of unbranched alkanes of at least 4 members (excludes halogenated alkanes) is 1. The summed E-state index contributed by atoms with van der Waals surface area (Å²) in [5.41, 5.74) is 12.4. The lowest BCUT2D eigenvalue weighted by Gasteiger charge is -2.23. The highest BCUT2D eigenvalue weighted by Crippen LogP contribution is 2.27. The molecule has 0 aliphatic heterocycles. The molecule has 33 heavy (non-hydrogen) atoms. The highest BCUT2D eigenvalue weighted by molar-refractivity contribution is 5.99. The average Bonchev–Trinajstić information content (AvgIpc) is 3.13. The van der Waals surface area contributed by atoms with Crippen molar-refractivity contribution in [3.63, 3.8) is 0 Å². The van der Waals surface area contributed by atoms with E-state index in [2.05, 4.69) is 27.6 Å². The van der Waals surface area contributed by atoms with Crippen molar-refractivity contribution in [1.82, 2.24) is 14.8 Å². The van der Waals surface area contributed by atoms with Gasteiger partial charge in [0.05, 0.1) is 17.3 Å². The quantitative estimate of drug-likeness (QED) is 0.341. The number of hydrogen-bond donors (Lipinski definition) is 4. The molecule has 3 rings (SSSR count). The molecule has 0 radical (unpaired) electrons. The molecular formula is C22H28F3N7O. The van der Waals surface area contributed by atoms with Gasteiger partial charge in [-0.15, -0.1) is 0 Å². The fraction of sp³-hybridized carbons (Fsp3) is 0.409. The highest BCUT2D eigenvalue weighted by Gasteiger charge is 2.20. The topological polar surface area (TPSA) is 124 Å². The monoisotopic (exact) mass is 463 g/mol. The van der Waals surface area contributed by atoms with Crippen LogP contribution >= 0.6 is 0 Å². The lowest BCUT2D eigenvalue weighted by molar-refractivity contribution is 0.1000. The van der Waals surface area contributed by atoms with E-state index in [-0.39, 0.29) is 29.3 Å². The van der Waals surface area contributed by atoms with Crippen LogP contribution in [0, 0.1) is 5.82 Å². The molecular weight excluding hydrogens is 435 g/mol. The molecule has 11 heteroatoms. The van der Waals surface area contributed by atoms with Crippen molar-refractivity contribution in [1.29, 1.82) is 0 Å². The number of carbonyl (C=O) groups excluding carboxylic acids is 1. The maximum atomic E-state index is 14.7. The first-order valence-corrected chi connectivity index (χ1v) is 10.7. The Hall–Kier alpha value is -3.34. The van der Waals surface area contributed by atoms with Gasteiger partial charge < -0.3 is 22.1 Å². The van der Waals surface area contributed by atoms with Gasteiger partial charge in [0.1, 0.15) is 12.4 Å². The van der Waals surface area contributed by atoms with Crippen LogP contribution < -0.4 is 22.1 Å². The molecule has 2 atom stereocenters. The molecule has 178 valence electrons. The summed E-state index contributed by atoms with van der Waals surface area (Å²) in [4.78, 5) is 16.2. The van der Waals surface area contributed by atoms with Gasteiger partial charge in [-0.3, -0.25) is 9.48 Å². The van der Waals surface area contributed by atoms with Gasteiger partial charge in [0.25, 0.3) is 12.3 Å². The third-order valence-corrected chi connectivity index (χ3v) is 5.28. The van der Waals surface area contributed by atoms with Crippen LogP contribution in [0.25, 0.3) is 10.9 Å². The van der Waals surface area contributed by atoms with E-state index in [1.165, 1.54) is 10.9 Å². The summed E-state index contributed by atoms with van der Waals surface area (Å²) in [6.07, 6.45) is 1.53. The normalized spacial score (nSPS) is 13.3. The summed E-state index contributed by atoms with van der Waals surface area (Å²) in [6.45, 7) is 3.36. The molecule has 1 aromatic carbocycles. The maximum absolute atomic E-state index is 14.7. The Morgan fingerprint density at radius 2 is 2.00 bits per heavy atom. The first-order chi connectivity index (χ1) is 15.7. The van der Waals surface area contributed by atoms with E-state index in [1.807, 2.05) is 6.92 Å². The Bertz CT molecular complexity index is 1120. The van der Waals surface area contributed by atoms with E-state index in [9.17, 15) is 18.0 Å². The number of nitrogens with zero attached hydrogens (tertiary/aromatic N) is 3. The number of amides is 1. The zero-order valence-corrected chi connectivity index (χ0v) is 18.5. The molecule has 0 spiro atoms. The summed E-state index contributed by atoms with van der Waals surface area (Å²) in [5.74, 6) is -1.56. The highest BCUT2D eigenvalue weighted by atomic mass is 19.3. The predicted molar refractivity (Wildman–Crippen MR) is 122 cm³/mol. The lowest BCUT2D eigenvalue weighted by atomic mass is 10.0. The van der Waals surface area contributed by atoms with Crippen LogP contribution in [-0.2, 0) is 6.54 Å². The third kappa shape index (κ3) is 5.92. The summed E-state index contributed by atoms with van der Waals surface area (Å²) >= 11 is 0. The molecule has 0 saturated heterocycles. The van der Waals surface area contributed by atoms with Crippen LogP contribution in [0.1, 0.15) is 43.5 Å². The van der Waals surface area contributed by atoms with Gasteiger partial charge >= 0.3 is 0 Å². The van der Waals surface area contributed by atoms with E-state index in [0.29, 0.717) is 16.6 Å². The number of rotatable bonds is 11. The summed E-state index contributed by atoms with van der Waals surface area (Å²) in [5, 5.41) is 10.6. The summed E-state index contributed by atoms with van der Waals surface area (Å²) in [6, 6.07) is 5.47. The molecule has 0 aliphatic carbocycles. The maximum Gasteiger partial charge on any atom is 0.257 e. The fourth-order valence-corrected chi connectivity index (χ4v) is 3.52. The number of aromatic nitrogens is 3. The van der Waals surface area contributed by atoms with E-state index < -0.39 is 24.7 Å². The first-order valence-electron chi connectivity index (χ1n) is 10.7. The van der Waals surface area contributed by atoms with Crippen LogP contribution in [0.2, 0.25) is 0 Å². The van der Waals surface area contributed by atoms with E-state index in [4.69, 9.17) is 11.5 Å². The Balaban J connectivity index is 1.92. The fourth-order valence-electron chi connectivity index (χ4n) is 3.52. The molecule has 0 bridgehead atoms. The van der Waals surface area contributed by atoms with Gasteiger partial charge in [-0.05, 0) is 37.6 Å². The molecule has 2 unspecified atom stereocenters. The molecule has 3 aromatic rings. The second-order valence-electron chi connectivity index (χ2n) is 7.95. The van der Waals surface area contributed by atoms with Crippen molar-refractivity contribution in [2.45, 2.75) is 58.2 Å². The van der Waals surface area contributed by atoms with Crippen LogP contribution in [0.5, 0.6) is 0 Å². The van der Waals surface area contributed by atoms with Crippen molar-refractivity contribution >= 4 is 34.1 Å². The Morgan fingerprint density at radius 3 is 2.64 bits per heavy atom. The molecule has 2 heterocycles. The van der Waals surface area contributed by atoms with Gasteiger partial charge in [0.2, 0.25) is 0 Å². The van der Waals surface area contributed by atoms with E-state index >= 15 is 0 Å². The SMILES string of the molecule is CCCCC(Nc1nc(Nc2ccc3c(cnn3CC(F)F)c2)c(C(N)=O)cc1F)C(C)N. The zero-order chi connectivity index (χ0) is 24.1. The van der Waals surface area contributed by atoms with Crippen molar-refractivity contribution in [3.8, 4) is 0 Å². The number of primary amides is 1. The number of pyridine rings is 1. The van der Waals surface area contributed by atoms with Gasteiger partial charge in [-0.2, -0.15) is 5.10 Å². The minimum atomic E-state index is -2.53. The predicted octanol–water partition coefficient (Wildman–Crippen LogP) is 4.00.